The van der Waals surface area contributed by atoms with Crippen molar-refractivity contribution in [2.24, 2.45) is 0 Å². The summed E-state index contributed by atoms with van der Waals surface area (Å²) in [4.78, 5) is 121. The molecule has 0 saturated carbocycles. The molecule has 6 aromatic carbocycles. The Labute approximate surface area is 571 Å². The Balaban J connectivity index is 1.28. The van der Waals surface area contributed by atoms with E-state index in [2.05, 4.69) is 0 Å². The number of ether oxygens (including phenoxy) is 16. The van der Waals surface area contributed by atoms with Gasteiger partial charge in [0, 0.05) is 62.3 Å². The fourth-order valence-corrected chi connectivity index (χ4v) is 12.6. The van der Waals surface area contributed by atoms with Crippen molar-refractivity contribution >= 4 is 53.7 Å². The number of carbonyl (C=O) groups excluding carboxylic acids is 9. The normalized spacial score (nSPS) is 25.1. The number of esters is 9. The van der Waals surface area contributed by atoms with Gasteiger partial charge in [-0.1, -0.05) is 182 Å². The maximum atomic E-state index is 14.1. The van der Waals surface area contributed by atoms with Crippen LogP contribution in [0.15, 0.2) is 182 Å². The lowest BCUT2D eigenvalue weighted by molar-refractivity contribution is -0.401. The van der Waals surface area contributed by atoms with E-state index in [0.717, 1.165) is 62.3 Å². The van der Waals surface area contributed by atoms with Gasteiger partial charge in [0.25, 0.3) is 0 Å². The molecule has 3 heterocycles. The third kappa shape index (κ3) is 17.6. The van der Waals surface area contributed by atoms with Gasteiger partial charge in [0.15, 0.2) is 55.1 Å². The fourth-order valence-electron chi connectivity index (χ4n) is 12.6. The van der Waals surface area contributed by atoms with Crippen LogP contribution in [0.2, 0.25) is 0 Å². The molecule has 0 aliphatic carbocycles. The van der Waals surface area contributed by atoms with Crippen molar-refractivity contribution in [2.45, 2.75) is 159 Å². The van der Waals surface area contributed by atoms with Gasteiger partial charge in [-0.15, -0.1) is 0 Å². The molecule has 99 heavy (non-hydrogen) atoms. The first-order valence-electron chi connectivity index (χ1n) is 31.8. The Kier molecular flexibility index (Phi) is 24.7. The number of rotatable bonds is 27. The molecule has 524 valence electrons. The lowest BCUT2D eigenvalue weighted by Gasteiger charge is -2.48. The van der Waals surface area contributed by atoms with Crippen LogP contribution in [0.3, 0.4) is 0 Å². The number of carbonyl (C=O) groups is 9. The topological polar surface area (TPSA) is 301 Å². The van der Waals surface area contributed by atoms with Gasteiger partial charge in [0.1, 0.15) is 42.7 Å². The van der Waals surface area contributed by atoms with Crippen LogP contribution in [0.1, 0.15) is 95.7 Å². The van der Waals surface area contributed by atoms with Crippen molar-refractivity contribution in [3.8, 4) is 0 Å². The van der Waals surface area contributed by atoms with E-state index < -0.39 is 177 Å². The van der Waals surface area contributed by atoms with Crippen LogP contribution in [0.5, 0.6) is 0 Å². The molecule has 14 atom stereocenters. The summed E-state index contributed by atoms with van der Waals surface area (Å²) in [6, 6.07) is 54.8. The molecule has 9 rings (SSSR count). The molecular weight excluding hydrogens is 1290 g/mol. The Morgan fingerprint density at radius 1 is 0.323 bits per heavy atom. The van der Waals surface area contributed by atoms with E-state index in [4.69, 9.17) is 75.8 Å². The van der Waals surface area contributed by atoms with Gasteiger partial charge >= 0.3 is 53.7 Å². The maximum Gasteiger partial charge on any atom is 0.303 e. The summed E-state index contributed by atoms with van der Waals surface area (Å²) in [5, 5.41) is 0. The summed E-state index contributed by atoms with van der Waals surface area (Å²) >= 11 is 0. The smallest absolute Gasteiger partial charge is 0.303 e. The number of hydrogen-bond donors (Lipinski definition) is 0. The molecule has 3 aliphatic heterocycles. The lowest BCUT2D eigenvalue weighted by Crippen LogP contribution is -2.67. The largest absolute Gasteiger partial charge is 0.463 e. The van der Waals surface area contributed by atoms with Crippen LogP contribution in [-0.2, 0) is 130 Å². The minimum atomic E-state index is -2.88. The number of hydrogen-bond acceptors (Lipinski definition) is 25. The van der Waals surface area contributed by atoms with Crippen LogP contribution < -0.4 is 0 Å². The van der Waals surface area contributed by atoms with Crippen molar-refractivity contribution in [1.29, 1.82) is 0 Å². The summed E-state index contributed by atoms with van der Waals surface area (Å²) in [5.41, 5.74) is 0.579. The molecule has 0 bridgehead atoms. The van der Waals surface area contributed by atoms with Crippen LogP contribution in [-0.4, -0.2) is 166 Å². The molecule has 25 heteroatoms. The molecule has 25 nitrogen and oxygen atoms in total. The zero-order chi connectivity index (χ0) is 71.0. The SMILES string of the molecule is CC(=O)OC[C@H]1O[C@H](O[C@H]2[C@H](OC(C)=O)[C@@H](COC(c3ccccc3)(c3ccccc3)c3ccccc3)O[C@@]2(COC(C)=O)O[C@H]2O[C@H](COC(c3ccccc3)(c3ccccc3)c3ccccc3)[C@@H](OC(C)=O)[C@H](OC(C)=O)[C@H]2OC(C)=O)[C@H](OC(C)=O)[C@@H](OC(C)=O)[C@@H]1OC(C)=O. The van der Waals surface area contributed by atoms with Gasteiger partial charge in [-0.05, 0) is 33.4 Å². The zero-order valence-electron chi connectivity index (χ0n) is 55.9. The molecule has 0 aromatic heterocycles. The van der Waals surface area contributed by atoms with Crippen LogP contribution in [0.25, 0.3) is 0 Å². The van der Waals surface area contributed by atoms with Gasteiger partial charge in [-0.2, -0.15) is 0 Å². The lowest BCUT2D eigenvalue weighted by atomic mass is 9.80. The summed E-state index contributed by atoms with van der Waals surface area (Å²) in [7, 11) is 0. The predicted molar refractivity (Wildman–Crippen MR) is 343 cm³/mol. The second-order valence-corrected chi connectivity index (χ2v) is 23.5. The summed E-state index contributed by atoms with van der Waals surface area (Å²) < 4.78 is 103. The average Bonchev–Trinajstić information content (AvgIpc) is 1.70. The Hall–Kier alpha value is -9.73. The Morgan fingerprint density at radius 2 is 0.606 bits per heavy atom. The minimum Gasteiger partial charge on any atom is -0.463 e. The first-order chi connectivity index (χ1) is 47.4. The van der Waals surface area contributed by atoms with Crippen molar-refractivity contribution in [3.05, 3.63) is 215 Å². The van der Waals surface area contributed by atoms with Crippen LogP contribution >= 0.6 is 0 Å². The minimum absolute atomic E-state index is 0.587. The van der Waals surface area contributed by atoms with E-state index in [9.17, 15) is 43.2 Å². The van der Waals surface area contributed by atoms with Gasteiger partial charge in [-0.3, -0.25) is 43.2 Å². The highest BCUT2D eigenvalue weighted by Gasteiger charge is 2.66. The summed E-state index contributed by atoms with van der Waals surface area (Å²) in [6.45, 7) is 6.32. The highest BCUT2D eigenvalue weighted by molar-refractivity contribution is 5.70. The van der Waals surface area contributed by atoms with Gasteiger partial charge in [-0.25, -0.2) is 0 Å². The Morgan fingerprint density at radius 3 is 0.939 bits per heavy atom. The predicted octanol–water partition coefficient (Wildman–Crippen LogP) is 7.60. The van der Waals surface area contributed by atoms with E-state index in [-0.39, 0.29) is 0 Å². The first kappa shape index (κ1) is 73.5. The molecule has 3 saturated heterocycles. The second kappa shape index (κ2) is 33.2. The molecule has 3 fully saturated rings. The fraction of sp³-hybridized carbons (Fsp3) is 0.392. The molecule has 0 unspecified atom stereocenters. The molecule has 3 aliphatic rings. The average molecular weight is 1370 g/mol. The number of benzene rings is 6. The quantitative estimate of drug-likeness (QED) is 0.0272. The molecule has 0 N–H and O–H groups in total. The molecule has 0 spiro atoms. The van der Waals surface area contributed by atoms with Crippen molar-refractivity contribution in [2.75, 3.05) is 26.4 Å². The zero-order valence-corrected chi connectivity index (χ0v) is 55.9. The highest BCUT2D eigenvalue weighted by atomic mass is 16.8. The van der Waals surface area contributed by atoms with Crippen molar-refractivity contribution < 1.29 is 119 Å². The second-order valence-electron chi connectivity index (χ2n) is 23.5. The molecule has 6 aromatic rings. The maximum absolute atomic E-state index is 14.1. The van der Waals surface area contributed by atoms with Crippen molar-refractivity contribution in [3.63, 3.8) is 0 Å². The first-order valence-corrected chi connectivity index (χ1v) is 31.8. The van der Waals surface area contributed by atoms with Crippen molar-refractivity contribution in [1.82, 2.24) is 0 Å². The van der Waals surface area contributed by atoms with E-state index in [1.807, 2.05) is 182 Å². The van der Waals surface area contributed by atoms with Gasteiger partial charge in [0.05, 0.1) is 13.2 Å². The van der Waals surface area contributed by atoms with E-state index in [1.165, 1.54) is 0 Å². The van der Waals surface area contributed by atoms with Crippen LogP contribution in [0, 0.1) is 0 Å². The van der Waals surface area contributed by atoms with E-state index in [0.29, 0.717) is 33.4 Å². The third-order valence-electron chi connectivity index (χ3n) is 16.3. The highest BCUT2D eigenvalue weighted by Crippen LogP contribution is 2.48. The van der Waals surface area contributed by atoms with Gasteiger partial charge in [0.2, 0.25) is 12.1 Å². The monoisotopic (exact) mass is 1370 g/mol. The molecule has 0 amide bonds. The van der Waals surface area contributed by atoms with Crippen LogP contribution in [0.4, 0.5) is 0 Å². The third-order valence-corrected chi connectivity index (χ3v) is 16.3. The van der Waals surface area contributed by atoms with Gasteiger partial charge < -0.3 is 75.8 Å². The summed E-state index contributed by atoms with van der Waals surface area (Å²) in [5.74, 6) is -11.6. The van der Waals surface area contributed by atoms with E-state index >= 15 is 0 Å². The Bertz CT molecular complexity index is 3540. The molecular formula is C74H78O25. The molecule has 0 radical (unpaired) electrons. The standard InChI is InChI=1S/C74H78O25/c1-44(75)84-40-59-62(88-46(3)77)65(91-49(6)80)67(93-51(8)82)70(95-59)97-69-64(90-48(5)79)61(42-87-74(56-34-22-13-23-35-56,57-36-24-14-25-37-57)58-38-26-15-27-39-58)98-72(69,43-85-45(2)76)99-71-68(94-52(9)83)66(92-50(7)81)63(89-47(4)78)60(96-71)41-86-73(53-28-16-10-17-29-53,54-30-18-11-19-31-54)55-32-20-12-21-33-55/h10-39,59-71H,40-43H2,1-9H3/t59-,60-,61-,62-,63-,64-,65+,66+,67-,68-,69+,70-,71-,72+/m1/s1. The van der Waals surface area contributed by atoms with E-state index in [1.54, 1.807) is 0 Å². The summed E-state index contributed by atoms with van der Waals surface area (Å²) in [6.07, 6.45) is -24.5.